The van der Waals surface area contributed by atoms with Gasteiger partial charge in [0.2, 0.25) is 0 Å². The summed E-state index contributed by atoms with van der Waals surface area (Å²) in [4.78, 5) is 19.8. The van der Waals surface area contributed by atoms with Gasteiger partial charge in [-0.2, -0.15) is 0 Å². The lowest BCUT2D eigenvalue weighted by Crippen LogP contribution is -2.25. The maximum Gasteiger partial charge on any atom is 0.165 e. The van der Waals surface area contributed by atoms with Gasteiger partial charge in [-0.3, -0.25) is 4.98 Å². The predicted molar refractivity (Wildman–Crippen MR) is 272 cm³/mol. The van der Waals surface area contributed by atoms with Crippen LogP contribution in [0, 0.1) is 0 Å². The summed E-state index contributed by atoms with van der Waals surface area (Å²) < 4.78 is 0. The Bertz CT molecular complexity index is 3630. The predicted octanol–water partition coefficient (Wildman–Crippen LogP) is 15.3. The summed E-state index contributed by atoms with van der Waals surface area (Å²) in [6.45, 7) is 0. The van der Waals surface area contributed by atoms with E-state index in [0.29, 0.717) is 17.5 Å². The zero-order valence-electron chi connectivity index (χ0n) is 36.4. The molecule has 0 aliphatic heterocycles. The second kappa shape index (κ2) is 15.7. The molecule has 2 aliphatic carbocycles. The van der Waals surface area contributed by atoms with Crippen LogP contribution in [0.2, 0.25) is 0 Å². The summed E-state index contributed by atoms with van der Waals surface area (Å²) in [6, 6.07) is 84.7. The molecule has 0 fully saturated rings. The highest BCUT2D eigenvalue weighted by Crippen LogP contribution is 2.63. The van der Waals surface area contributed by atoms with Gasteiger partial charge in [0.25, 0.3) is 0 Å². The first-order valence-electron chi connectivity index (χ1n) is 22.8. The number of fused-ring (bicyclic) bond motifs is 10. The van der Waals surface area contributed by atoms with Gasteiger partial charge < -0.3 is 0 Å². The van der Waals surface area contributed by atoms with E-state index >= 15 is 0 Å². The monoisotopic (exact) mass is 852 g/mol. The Morgan fingerprint density at radius 1 is 0.239 bits per heavy atom. The van der Waals surface area contributed by atoms with Crippen molar-refractivity contribution in [2.45, 2.75) is 5.41 Å². The quantitative estimate of drug-likeness (QED) is 0.160. The Labute approximate surface area is 389 Å². The minimum absolute atomic E-state index is 0.382. The van der Waals surface area contributed by atoms with E-state index < -0.39 is 0 Å². The van der Waals surface area contributed by atoms with Crippen LogP contribution in [-0.2, 0) is 5.41 Å². The van der Waals surface area contributed by atoms with E-state index in [-0.39, 0.29) is 5.41 Å². The molecule has 2 heterocycles. The Kier molecular flexibility index (Phi) is 9.04. The number of nitrogens with zero attached hydrogens (tertiary/aromatic N) is 4. The molecule has 4 heteroatoms. The molecular weight excluding hydrogens is 813 g/mol. The summed E-state index contributed by atoms with van der Waals surface area (Å²) in [5.41, 5.74) is 21.8. The molecule has 0 radical (unpaired) electrons. The normalized spacial score (nSPS) is 12.6. The molecular formula is C63H40N4. The molecule has 0 unspecified atom stereocenters. The lowest BCUT2D eigenvalue weighted by molar-refractivity contribution is 0.794. The van der Waals surface area contributed by atoms with E-state index in [2.05, 4.69) is 176 Å². The molecule has 9 aromatic carbocycles. The van der Waals surface area contributed by atoms with E-state index in [0.717, 1.165) is 50.2 Å². The van der Waals surface area contributed by atoms with Gasteiger partial charge in [-0.25, -0.2) is 15.0 Å². The molecule has 13 rings (SSSR count). The minimum atomic E-state index is -0.382. The first-order valence-corrected chi connectivity index (χ1v) is 22.8. The third kappa shape index (κ3) is 6.37. The molecule has 0 N–H and O–H groups in total. The van der Waals surface area contributed by atoms with Crippen molar-refractivity contribution in [3.8, 4) is 101 Å². The number of rotatable bonds is 7. The average Bonchev–Trinajstić information content (AvgIpc) is 3.88. The van der Waals surface area contributed by atoms with Crippen molar-refractivity contribution in [3.05, 3.63) is 265 Å². The molecule has 0 saturated carbocycles. The Balaban J connectivity index is 0.857. The lowest BCUT2D eigenvalue weighted by Gasteiger charge is -2.30. The van der Waals surface area contributed by atoms with Crippen molar-refractivity contribution in [3.63, 3.8) is 0 Å². The molecule has 0 amide bonds. The second-order valence-corrected chi connectivity index (χ2v) is 17.4. The average molecular weight is 853 g/mol. The second-order valence-electron chi connectivity index (χ2n) is 17.4. The van der Waals surface area contributed by atoms with Crippen molar-refractivity contribution in [1.29, 1.82) is 0 Å². The number of hydrogen-bond donors (Lipinski definition) is 0. The molecule has 4 nitrogen and oxygen atoms in total. The van der Waals surface area contributed by atoms with Crippen molar-refractivity contribution in [1.82, 2.24) is 19.9 Å². The summed E-state index contributed by atoms with van der Waals surface area (Å²) in [7, 11) is 0. The highest BCUT2D eigenvalue weighted by molar-refractivity contribution is 5.96. The molecule has 0 saturated heterocycles. The molecule has 0 bridgehead atoms. The SMILES string of the molecule is c1ccc(-c2ccc(-c3nc(-c4ccccc4)nc(-c4cccc(-c5cccc(-c6cccc(-c7ccc8c(c7)C7(c9ccccc9-c9ccccc97)c7ccccc7-8)c6)c5)c4)n3)cn2)cc1. The third-order valence-corrected chi connectivity index (χ3v) is 13.6. The van der Waals surface area contributed by atoms with E-state index in [1.807, 2.05) is 66.9 Å². The van der Waals surface area contributed by atoms with Crippen LogP contribution in [0.25, 0.3) is 101 Å². The van der Waals surface area contributed by atoms with Gasteiger partial charge >= 0.3 is 0 Å². The highest BCUT2D eigenvalue weighted by Gasteiger charge is 2.51. The van der Waals surface area contributed by atoms with Gasteiger partial charge in [-0.05, 0) is 114 Å². The van der Waals surface area contributed by atoms with Crippen LogP contribution < -0.4 is 0 Å². The van der Waals surface area contributed by atoms with E-state index in [9.17, 15) is 0 Å². The van der Waals surface area contributed by atoms with Gasteiger partial charge in [0.15, 0.2) is 17.5 Å². The van der Waals surface area contributed by atoms with Crippen molar-refractivity contribution >= 4 is 0 Å². The molecule has 11 aromatic rings. The summed E-state index contributed by atoms with van der Waals surface area (Å²) in [5.74, 6) is 1.79. The van der Waals surface area contributed by atoms with Gasteiger partial charge in [0.05, 0.1) is 11.1 Å². The summed E-state index contributed by atoms with van der Waals surface area (Å²) in [6.07, 6.45) is 1.85. The Morgan fingerprint density at radius 2 is 0.612 bits per heavy atom. The maximum absolute atomic E-state index is 5.06. The number of benzene rings is 9. The first-order chi connectivity index (χ1) is 33.2. The van der Waals surface area contributed by atoms with Crippen LogP contribution in [0.1, 0.15) is 22.3 Å². The highest BCUT2D eigenvalue weighted by atomic mass is 15.0. The molecule has 2 aromatic heterocycles. The van der Waals surface area contributed by atoms with Crippen LogP contribution in [0.15, 0.2) is 243 Å². The number of hydrogen-bond acceptors (Lipinski definition) is 4. The topological polar surface area (TPSA) is 51.6 Å². The van der Waals surface area contributed by atoms with Crippen LogP contribution in [0.5, 0.6) is 0 Å². The van der Waals surface area contributed by atoms with E-state index in [1.165, 1.54) is 55.6 Å². The van der Waals surface area contributed by atoms with Gasteiger partial charge in [-0.1, -0.05) is 200 Å². The zero-order chi connectivity index (χ0) is 44.3. The fraction of sp³-hybridized carbons (Fsp3) is 0.0159. The number of pyridine rings is 1. The fourth-order valence-corrected chi connectivity index (χ4v) is 10.5. The maximum atomic E-state index is 5.06. The van der Waals surface area contributed by atoms with Gasteiger partial charge in [-0.15, -0.1) is 0 Å². The molecule has 312 valence electrons. The van der Waals surface area contributed by atoms with E-state index in [1.54, 1.807) is 0 Å². The van der Waals surface area contributed by atoms with E-state index in [4.69, 9.17) is 19.9 Å². The van der Waals surface area contributed by atoms with Crippen molar-refractivity contribution in [2.24, 2.45) is 0 Å². The third-order valence-electron chi connectivity index (χ3n) is 13.6. The van der Waals surface area contributed by atoms with Crippen LogP contribution >= 0.6 is 0 Å². The van der Waals surface area contributed by atoms with Crippen molar-refractivity contribution < 1.29 is 0 Å². The standard InChI is InChI=1S/C63H40N4/c1-3-16-41(17-4-1)59-35-33-50(40-64-59)62-66-60(42-18-5-2-6-19-42)65-61(67-62)49-25-15-24-47(38-49)45-22-13-20-43(36-45)44-21-14-23-46(37-44)48-32-34-54-53-28-9-12-31-57(53)63(58(54)39-48)55-29-10-7-26-51(55)52-27-8-11-30-56(52)63/h1-40H. The van der Waals surface area contributed by atoms with Gasteiger partial charge in [0.1, 0.15) is 0 Å². The summed E-state index contributed by atoms with van der Waals surface area (Å²) >= 11 is 0. The molecule has 67 heavy (non-hydrogen) atoms. The zero-order valence-corrected chi connectivity index (χ0v) is 36.4. The molecule has 0 atom stereocenters. The van der Waals surface area contributed by atoms with Crippen molar-refractivity contribution in [2.75, 3.05) is 0 Å². The fourth-order valence-electron chi connectivity index (χ4n) is 10.5. The van der Waals surface area contributed by atoms with Crippen LogP contribution in [-0.4, -0.2) is 19.9 Å². The first kappa shape index (κ1) is 38.6. The lowest BCUT2D eigenvalue weighted by atomic mass is 9.70. The smallest absolute Gasteiger partial charge is 0.165 e. The minimum Gasteiger partial charge on any atom is -0.255 e. The summed E-state index contributed by atoms with van der Waals surface area (Å²) in [5, 5.41) is 0. The van der Waals surface area contributed by atoms with Crippen LogP contribution in [0.4, 0.5) is 0 Å². The molecule has 2 aliphatic rings. The van der Waals surface area contributed by atoms with Gasteiger partial charge in [0, 0.05) is 28.5 Å². The Hall–Kier alpha value is -8.86. The van der Waals surface area contributed by atoms with Crippen LogP contribution in [0.3, 0.4) is 0 Å². The Morgan fingerprint density at radius 3 is 1.12 bits per heavy atom. The molecule has 1 spiro atoms. The number of aromatic nitrogens is 4. The largest absolute Gasteiger partial charge is 0.255 e.